The number of rotatable bonds is 3. The quantitative estimate of drug-likeness (QED) is 0.713. The molecule has 1 saturated carbocycles. The van der Waals surface area contributed by atoms with Crippen molar-refractivity contribution in [1.29, 1.82) is 0 Å². The third-order valence-corrected chi connectivity index (χ3v) is 2.73. The molecule has 0 aliphatic heterocycles. The predicted octanol–water partition coefficient (Wildman–Crippen LogP) is 2.57. The largest absolute Gasteiger partial charge is 0.490 e. The van der Waals surface area contributed by atoms with E-state index in [1.165, 1.54) is 12.1 Å². The van der Waals surface area contributed by atoms with Crippen LogP contribution in [0.4, 0.5) is 4.39 Å². The van der Waals surface area contributed by atoms with Gasteiger partial charge in [0, 0.05) is 5.92 Å². The molecule has 0 heterocycles. The van der Waals surface area contributed by atoms with Crippen molar-refractivity contribution >= 4 is 6.29 Å². The molecule has 1 aromatic rings. The van der Waals surface area contributed by atoms with Crippen molar-refractivity contribution in [2.45, 2.75) is 25.4 Å². The number of hydrogen-bond acceptors (Lipinski definition) is 2. The van der Waals surface area contributed by atoms with E-state index in [4.69, 9.17) is 4.74 Å². The standard InChI is InChI=1S/C12H13FO2/c13-10-2-5-11(6-3-10)15-12-4-1-9(7-12)8-14/h2-3,5-6,8-9,12H,1,4,7H2/t9-,12+/m0/s1. The normalized spacial score (nSPS) is 25.1. The van der Waals surface area contributed by atoms with Crippen LogP contribution in [0.1, 0.15) is 19.3 Å². The second kappa shape index (κ2) is 4.43. The minimum atomic E-state index is -0.264. The Bertz CT molecular complexity index is 334. The van der Waals surface area contributed by atoms with Gasteiger partial charge in [-0.25, -0.2) is 4.39 Å². The van der Waals surface area contributed by atoms with Gasteiger partial charge in [0.25, 0.3) is 0 Å². The zero-order valence-electron chi connectivity index (χ0n) is 8.36. The van der Waals surface area contributed by atoms with Gasteiger partial charge in [-0.1, -0.05) is 0 Å². The average molecular weight is 208 g/mol. The molecule has 0 unspecified atom stereocenters. The number of halogens is 1. The van der Waals surface area contributed by atoms with Gasteiger partial charge in [-0.05, 0) is 43.5 Å². The first-order chi connectivity index (χ1) is 7.28. The molecule has 0 spiro atoms. The highest BCUT2D eigenvalue weighted by Crippen LogP contribution is 2.27. The third-order valence-electron chi connectivity index (χ3n) is 2.73. The van der Waals surface area contributed by atoms with Crippen LogP contribution in [-0.4, -0.2) is 12.4 Å². The number of aldehydes is 1. The van der Waals surface area contributed by atoms with E-state index >= 15 is 0 Å². The summed E-state index contributed by atoms with van der Waals surface area (Å²) in [6.45, 7) is 0. The molecule has 15 heavy (non-hydrogen) atoms. The van der Waals surface area contributed by atoms with Crippen LogP contribution in [0.15, 0.2) is 24.3 Å². The molecule has 0 radical (unpaired) electrons. The summed E-state index contributed by atoms with van der Waals surface area (Å²) >= 11 is 0. The van der Waals surface area contributed by atoms with Crippen LogP contribution in [0.5, 0.6) is 5.75 Å². The van der Waals surface area contributed by atoms with E-state index in [0.29, 0.717) is 5.75 Å². The highest BCUT2D eigenvalue weighted by atomic mass is 19.1. The van der Waals surface area contributed by atoms with Crippen LogP contribution >= 0.6 is 0 Å². The van der Waals surface area contributed by atoms with Gasteiger partial charge in [0.2, 0.25) is 0 Å². The first-order valence-electron chi connectivity index (χ1n) is 5.15. The van der Waals surface area contributed by atoms with Crippen LogP contribution in [0.3, 0.4) is 0 Å². The summed E-state index contributed by atoms with van der Waals surface area (Å²) in [7, 11) is 0. The Hall–Kier alpha value is -1.38. The molecule has 1 fully saturated rings. The maximum Gasteiger partial charge on any atom is 0.123 e. The molecule has 1 aliphatic rings. The van der Waals surface area contributed by atoms with Crippen molar-refractivity contribution in [2.75, 3.05) is 0 Å². The fourth-order valence-electron chi connectivity index (χ4n) is 1.91. The Balaban J connectivity index is 1.92. The summed E-state index contributed by atoms with van der Waals surface area (Å²) in [5.41, 5.74) is 0. The van der Waals surface area contributed by atoms with Gasteiger partial charge in [0.15, 0.2) is 0 Å². The monoisotopic (exact) mass is 208 g/mol. The van der Waals surface area contributed by atoms with Gasteiger partial charge in [0.1, 0.15) is 17.9 Å². The summed E-state index contributed by atoms with van der Waals surface area (Å²) in [5.74, 6) is 0.544. The molecule has 80 valence electrons. The molecule has 2 atom stereocenters. The molecule has 1 aliphatic carbocycles. The predicted molar refractivity (Wildman–Crippen MR) is 54.2 cm³/mol. The van der Waals surface area contributed by atoms with Crippen molar-refractivity contribution in [3.05, 3.63) is 30.1 Å². The van der Waals surface area contributed by atoms with Gasteiger partial charge >= 0.3 is 0 Å². The van der Waals surface area contributed by atoms with Crippen molar-refractivity contribution in [3.8, 4) is 5.75 Å². The molecule has 0 amide bonds. The Labute approximate surface area is 88.1 Å². The number of hydrogen-bond donors (Lipinski definition) is 0. The summed E-state index contributed by atoms with van der Waals surface area (Å²) in [6.07, 6.45) is 3.68. The minimum absolute atomic E-state index is 0.102. The first kappa shape index (κ1) is 10.1. The van der Waals surface area contributed by atoms with Crippen molar-refractivity contribution in [3.63, 3.8) is 0 Å². The molecular formula is C12H13FO2. The molecule has 0 bridgehead atoms. The molecule has 0 N–H and O–H groups in total. The van der Waals surface area contributed by atoms with Crippen LogP contribution in [0, 0.1) is 11.7 Å². The van der Waals surface area contributed by atoms with Crippen LogP contribution < -0.4 is 4.74 Å². The van der Waals surface area contributed by atoms with Crippen molar-refractivity contribution in [1.82, 2.24) is 0 Å². The Morgan fingerprint density at radius 3 is 2.60 bits per heavy atom. The molecule has 3 heteroatoms. The van der Waals surface area contributed by atoms with E-state index in [0.717, 1.165) is 25.5 Å². The van der Waals surface area contributed by atoms with E-state index in [2.05, 4.69) is 0 Å². The Morgan fingerprint density at radius 1 is 1.27 bits per heavy atom. The molecule has 1 aromatic carbocycles. The van der Waals surface area contributed by atoms with E-state index < -0.39 is 0 Å². The number of carbonyl (C=O) groups excluding carboxylic acids is 1. The van der Waals surface area contributed by atoms with Crippen LogP contribution in [-0.2, 0) is 4.79 Å². The maximum absolute atomic E-state index is 12.6. The SMILES string of the molecule is O=C[C@H]1CC[C@@H](Oc2ccc(F)cc2)C1. The molecule has 2 nitrogen and oxygen atoms in total. The summed E-state index contributed by atoms with van der Waals surface area (Å²) < 4.78 is 18.3. The van der Waals surface area contributed by atoms with E-state index in [-0.39, 0.29) is 17.8 Å². The van der Waals surface area contributed by atoms with Gasteiger partial charge in [-0.15, -0.1) is 0 Å². The summed E-state index contributed by atoms with van der Waals surface area (Å²) in [6, 6.07) is 5.98. The number of carbonyl (C=O) groups is 1. The zero-order valence-corrected chi connectivity index (χ0v) is 8.36. The van der Waals surface area contributed by atoms with Gasteiger partial charge < -0.3 is 9.53 Å². The highest BCUT2D eigenvalue weighted by molar-refractivity contribution is 5.54. The lowest BCUT2D eigenvalue weighted by molar-refractivity contribution is -0.111. The smallest absolute Gasteiger partial charge is 0.123 e. The number of ether oxygens (including phenoxy) is 1. The van der Waals surface area contributed by atoms with Crippen LogP contribution in [0.2, 0.25) is 0 Å². The number of benzene rings is 1. The lowest BCUT2D eigenvalue weighted by atomic mass is 10.1. The summed E-state index contributed by atoms with van der Waals surface area (Å²) in [4.78, 5) is 10.5. The zero-order chi connectivity index (χ0) is 10.7. The lowest BCUT2D eigenvalue weighted by Gasteiger charge is -2.12. The van der Waals surface area contributed by atoms with Gasteiger partial charge in [0.05, 0.1) is 6.10 Å². The van der Waals surface area contributed by atoms with Gasteiger partial charge in [-0.2, -0.15) is 0 Å². The lowest BCUT2D eigenvalue weighted by Crippen LogP contribution is -2.12. The molecular weight excluding hydrogens is 195 g/mol. The summed E-state index contributed by atoms with van der Waals surface area (Å²) in [5, 5.41) is 0. The highest BCUT2D eigenvalue weighted by Gasteiger charge is 2.25. The van der Waals surface area contributed by atoms with Gasteiger partial charge in [-0.3, -0.25) is 0 Å². The van der Waals surface area contributed by atoms with Crippen molar-refractivity contribution < 1.29 is 13.9 Å². The maximum atomic E-state index is 12.6. The third kappa shape index (κ3) is 2.55. The second-order valence-electron chi connectivity index (χ2n) is 3.90. The Morgan fingerprint density at radius 2 is 2.00 bits per heavy atom. The van der Waals surface area contributed by atoms with Crippen LogP contribution in [0.25, 0.3) is 0 Å². The average Bonchev–Trinajstić information content (AvgIpc) is 2.69. The Kier molecular flexibility index (Phi) is 2.99. The second-order valence-corrected chi connectivity index (χ2v) is 3.90. The van der Waals surface area contributed by atoms with E-state index in [1.54, 1.807) is 12.1 Å². The van der Waals surface area contributed by atoms with Crippen molar-refractivity contribution in [2.24, 2.45) is 5.92 Å². The minimum Gasteiger partial charge on any atom is -0.490 e. The van der Waals surface area contributed by atoms with E-state index in [9.17, 15) is 9.18 Å². The fraction of sp³-hybridized carbons (Fsp3) is 0.417. The molecule has 2 rings (SSSR count). The molecule has 0 saturated heterocycles. The topological polar surface area (TPSA) is 26.3 Å². The first-order valence-corrected chi connectivity index (χ1v) is 5.15. The fourth-order valence-corrected chi connectivity index (χ4v) is 1.91. The van der Waals surface area contributed by atoms with E-state index in [1.807, 2.05) is 0 Å². The molecule has 0 aromatic heterocycles.